The van der Waals surface area contributed by atoms with E-state index >= 15 is 0 Å². The van der Waals surface area contributed by atoms with Crippen molar-refractivity contribution in [3.8, 4) is 22.6 Å². The number of ether oxygens (including phenoxy) is 1. The minimum absolute atomic E-state index is 0.0698. The van der Waals surface area contributed by atoms with Crippen LogP contribution in [0, 0.1) is 5.82 Å². The lowest BCUT2D eigenvalue weighted by Gasteiger charge is -2.10. The molecule has 0 aliphatic heterocycles. The Kier molecular flexibility index (Phi) is 8.46. The fourth-order valence-corrected chi connectivity index (χ4v) is 4.77. The summed E-state index contributed by atoms with van der Waals surface area (Å²) in [4.78, 5) is 18.4. The number of imidazole rings is 1. The second-order valence-corrected chi connectivity index (χ2v) is 9.93. The first kappa shape index (κ1) is 25.2. The van der Waals surface area contributed by atoms with E-state index in [1.807, 2.05) is 0 Å². The maximum absolute atomic E-state index is 13.8. The summed E-state index contributed by atoms with van der Waals surface area (Å²) in [6.07, 6.45) is 2.15. The third-order valence-electron chi connectivity index (χ3n) is 4.64. The van der Waals surface area contributed by atoms with Crippen molar-refractivity contribution in [1.82, 2.24) is 20.0 Å². The number of sulfonamides is 1. The Morgan fingerprint density at radius 2 is 1.91 bits per heavy atom. The molecule has 8 nitrogen and oxygen atoms in total. The van der Waals surface area contributed by atoms with Crippen LogP contribution in [-0.2, 0) is 14.8 Å². The number of carbonyl (C=O) groups excluding carboxylic acids is 1. The highest BCUT2D eigenvalue weighted by Gasteiger charge is 2.19. The second kappa shape index (κ2) is 11.1. The summed E-state index contributed by atoms with van der Waals surface area (Å²) < 4.78 is 46.7. The Morgan fingerprint density at radius 1 is 1.18 bits per heavy atom. The van der Waals surface area contributed by atoms with Gasteiger partial charge in [-0.15, -0.1) is 0 Å². The third-order valence-corrected chi connectivity index (χ3v) is 7.22. The minimum Gasteiger partial charge on any atom is -0.453 e. The number of nitrogens with one attached hydrogen (secondary N) is 3. The average molecular weight is 560 g/mol. The number of halogens is 3. The van der Waals surface area contributed by atoms with Crippen molar-refractivity contribution in [2.24, 2.45) is 0 Å². The van der Waals surface area contributed by atoms with Crippen molar-refractivity contribution in [3.63, 3.8) is 0 Å². The number of amides is 1. The number of H-pyrrole nitrogens is 1. The maximum atomic E-state index is 13.8. The Balaban J connectivity index is 1.71. The van der Waals surface area contributed by atoms with Crippen LogP contribution in [0.15, 0.2) is 52.0 Å². The van der Waals surface area contributed by atoms with Crippen molar-refractivity contribution in [3.05, 3.63) is 57.9 Å². The lowest BCUT2D eigenvalue weighted by Crippen LogP contribution is -2.27. The van der Waals surface area contributed by atoms with E-state index in [1.165, 1.54) is 25.3 Å². The number of carbonyl (C=O) groups is 1. The first-order chi connectivity index (χ1) is 15.7. The van der Waals surface area contributed by atoms with E-state index in [4.69, 9.17) is 11.6 Å². The van der Waals surface area contributed by atoms with Gasteiger partial charge in [-0.25, -0.2) is 27.3 Å². The molecule has 3 N–H and O–H groups in total. The van der Waals surface area contributed by atoms with Gasteiger partial charge in [-0.05, 0) is 59.1 Å². The quantitative estimate of drug-likeness (QED) is 0.329. The Labute approximate surface area is 204 Å². The number of aromatic amines is 1. The van der Waals surface area contributed by atoms with Crippen LogP contribution >= 0.6 is 27.5 Å². The molecule has 0 bridgehead atoms. The Bertz CT molecular complexity index is 1250. The molecule has 1 amide bonds. The van der Waals surface area contributed by atoms with Gasteiger partial charge in [-0.2, -0.15) is 0 Å². The first-order valence-electron chi connectivity index (χ1n) is 9.83. The smallest absolute Gasteiger partial charge is 0.406 e. The number of hydrogen-bond acceptors (Lipinski definition) is 5. The van der Waals surface area contributed by atoms with Crippen molar-refractivity contribution in [2.75, 3.05) is 20.2 Å². The van der Waals surface area contributed by atoms with E-state index < -0.39 is 21.9 Å². The fourth-order valence-electron chi connectivity index (χ4n) is 2.93. The highest BCUT2D eigenvalue weighted by atomic mass is 79.9. The van der Waals surface area contributed by atoms with Gasteiger partial charge < -0.3 is 15.0 Å². The molecule has 33 heavy (non-hydrogen) atoms. The summed E-state index contributed by atoms with van der Waals surface area (Å²) in [6.45, 7) is 0.541. The lowest BCUT2D eigenvalue weighted by molar-refractivity contribution is 0.171. The lowest BCUT2D eigenvalue weighted by atomic mass is 10.2. The van der Waals surface area contributed by atoms with E-state index in [9.17, 15) is 17.6 Å². The van der Waals surface area contributed by atoms with E-state index in [1.54, 1.807) is 24.4 Å². The van der Waals surface area contributed by atoms with Crippen LogP contribution in [0.5, 0.6) is 0 Å². The first-order valence-corrected chi connectivity index (χ1v) is 12.5. The van der Waals surface area contributed by atoms with Gasteiger partial charge in [0.15, 0.2) is 0 Å². The zero-order chi connectivity index (χ0) is 24.0. The molecular formula is C21H21BrClFN4O4S. The molecule has 0 fully saturated rings. The van der Waals surface area contributed by atoms with Gasteiger partial charge in [0.2, 0.25) is 10.0 Å². The van der Waals surface area contributed by atoms with Gasteiger partial charge in [0.05, 0.1) is 22.3 Å². The highest BCUT2D eigenvalue weighted by Crippen LogP contribution is 2.29. The predicted octanol–water partition coefficient (Wildman–Crippen LogP) is 4.71. The highest BCUT2D eigenvalue weighted by molar-refractivity contribution is 9.10. The molecule has 176 valence electrons. The molecule has 0 unspecified atom stereocenters. The Hall–Kier alpha value is -2.47. The summed E-state index contributed by atoms with van der Waals surface area (Å²) in [5, 5.41) is 2.59. The number of alkyl carbamates (subject to hydrolysis) is 1. The number of rotatable bonds is 9. The number of nitrogens with zero attached hydrogens (tertiary/aromatic N) is 1. The minimum atomic E-state index is -3.88. The van der Waals surface area contributed by atoms with Gasteiger partial charge in [0.1, 0.15) is 16.5 Å². The number of aromatic nitrogens is 2. The van der Waals surface area contributed by atoms with Crippen molar-refractivity contribution in [2.45, 2.75) is 17.7 Å². The number of unbranched alkanes of at least 4 members (excludes halogenated alkanes) is 1. The molecule has 3 rings (SSSR count). The molecule has 12 heteroatoms. The molecule has 0 radical (unpaired) electrons. The molecule has 0 saturated carbocycles. The second-order valence-electron chi connectivity index (χ2n) is 6.93. The van der Waals surface area contributed by atoms with Gasteiger partial charge in [0, 0.05) is 30.4 Å². The van der Waals surface area contributed by atoms with E-state index in [0.29, 0.717) is 46.5 Å². The number of hydrogen-bond donors (Lipinski definition) is 3. The van der Waals surface area contributed by atoms with Crippen molar-refractivity contribution >= 4 is 43.6 Å². The normalized spacial score (nSPS) is 11.4. The van der Waals surface area contributed by atoms with E-state index in [0.717, 1.165) is 0 Å². The largest absolute Gasteiger partial charge is 0.453 e. The number of methoxy groups -OCH3 is 1. The molecule has 0 aliphatic carbocycles. The third kappa shape index (κ3) is 6.53. The molecule has 2 aromatic carbocycles. The number of benzene rings is 2. The van der Waals surface area contributed by atoms with Crippen LogP contribution < -0.4 is 10.0 Å². The van der Waals surface area contributed by atoms with Crippen LogP contribution in [0.1, 0.15) is 12.8 Å². The van der Waals surface area contributed by atoms with Crippen LogP contribution in [0.4, 0.5) is 9.18 Å². The molecule has 0 saturated heterocycles. The molecule has 1 aromatic heterocycles. The molecule has 0 spiro atoms. The van der Waals surface area contributed by atoms with Gasteiger partial charge >= 0.3 is 6.09 Å². The van der Waals surface area contributed by atoms with Crippen LogP contribution in [0.25, 0.3) is 22.6 Å². The summed E-state index contributed by atoms with van der Waals surface area (Å²) >= 11 is 9.27. The monoisotopic (exact) mass is 558 g/mol. The van der Waals surface area contributed by atoms with Gasteiger partial charge in [-0.1, -0.05) is 17.7 Å². The van der Waals surface area contributed by atoms with Crippen molar-refractivity contribution < 1.29 is 22.3 Å². The zero-order valence-electron chi connectivity index (χ0n) is 17.5. The van der Waals surface area contributed by atoms with Crippen LogP contribution in [0.3, 0.4) is 0 Å². The maximum Gasteiger partial charge on any atom is 0.406 e. The van der Waals surface area contributed by atoms with Crippen LogP contribution in [0.2, 0.25) is 5.02 Å². The fraction of sp³-hybridized carbons (Fsp3) is 0.238. The summed E-state index contributed by atoms with van der Waals surface area (Å²) in [6, 6.07) is 9.21. The summed E-state index contributed by atoms with van der Waals surface area (Å²) in [5.74, 6) is -0.000553. The predicted molar refractivity (Wildman–Crippen MR) is 127 cm³/mol. The van der Waals surface area contributed by atoms with E-state index in [-0.39, 0.29) is 16.5 Å². The zero-order valence-corrected chi connectivity index (χ0v) is 20.7. The SMILES string of the molecule is COC(=O)NCCCCNS(=O)(=O)c1cc(-c2nc(-c3ccc(Br)c(F)c3)c[nH]2)ccc1Cl. The van der Waals surface area contributed by atoms with E-state index in [2.05, 4.69) is 40.7 Å². The van der Waals surface area contributed by atoms with Gasteiger partial charge in [-0.3, -0.25) is 0 Å². The molecule has 1 heterocycles. The Morgan fingerprint density at radius 3 is 2.64 bits per heavy atom. The van der Waals surface area contributed by atoms with Crippen LogP contribution in [-0.4, -0.2) is 44.7 Å². The summed E-state index contributed by atoms with van der Waals surface area (Å²) in [7, 11) is -2.61. The molecule has 0 aliphatic rings. The van der Waals surface area contributed by atoms with Gasteiger partial charge in [0.25, 0.3) is 0 Å². The topological polar surface area (TPSA) is 113 Å². The average Bonchev–Trinajstić information content (AvgIpc) is 3.28. The molecule has 0 atom stereocenters. The standard InChI is InChI=1S/C21H21BrClFN4O4S/c1-32-21(29)25-8-2-3-9-27-33(30,31)19-11-14(5-7-16(19)23)20-26-12-18(28-20)13-4-6-15(22)17(24)10-13/h4-7,10-12,27H,2-3,8-9H2,1H3,(H,25,29)(H,26,28). The molecular weight excluding hydrogens is 539 g/mol. The summed E-state index contributed by atoms with van der Waals surface area (Å²) in [5.41, 5.74) is 1.59. The van der Waals surface area contributed by atoms with Crippen molar-refractivity contribution in [1.29, 1.82) is 0 Å². The molecule has 3 aromatic rings.